The minimum Gasteiger partial charge on any atom is -1.00 e. The zero-order valence-electron chi connectivity index (χ0n) is 7.29. The number of rotatable bonds is 0. The predicted molar refractivity (Wildman–Crippen MR) is 35.7 cm³/mol. The van der Waals surface area contributed by atoms with Crippen molar-refractivity contribution in [3.63, 3.8) is 0 Å². The van der Waals surface area contributed by atoms with Crippen LogP contribution >= 0.6 is 0 Å². The zero-order chi connectivity index (χ0) is 7.02. The normalized spacial score (nSPS) is 15.1. The average Bonchev–Trinajstić information content (AvgIpc) is 1.98. The van der Waals surface area contributed by atoms with Gasteiger partial charge in [0.25, 0.3) is 0 Å². The van der Waals surface area contributed by atoms with Gasteiger partial charge in [-0.25, -0.2) is 0 Å². The molecule has 0 aromatic carbocycles. The van der Waals surface area contributed by atoms with Crippen molar-refractivity contribution in [2.45, 2.75) is 27.2 Å². The summed E-state index contributed by atoms with van der Waals surface area (Å²) in [6.07, 6.45) is 1.19. The van der Waals surface area contributed by atoms with E-state index in [0.717, 1.165) is 0 Å². The van der Waals surface area contributed by atoms with Gasteiger partial charge in [0.05, 0.1) is 0 Å². The summed E-state index contributed by atoms with van der Waals surface area (Å²) in [5, 5.41) is 0. The minimum absolute atomic E-state index is 0. The average molecular weight is 264 g/mol. The Kier molecular flexibility index (Phi) is 11.4. The summed E-state index contributed by atoms with van der Waals surface area (Å²) >= 11 is 2.65. The van der Waals surface area contributed by atoms with Crippen molar-refractivity contribution < 1.29 is 54.6 Å². The van der Waals surface area contributed by atoms with Gasteiger partial charge in [-0.05, 0) is 0 Å². The first-order valence-electron chi connectivity index (χ1n) is 3.18. The Labute approximate surface area is 102 Å². The van der Waals surface area contributed by atoms with Crippen LogP contribution in [0, 0.1) is 0 Å². The van der Waals surface area contributed by atoms with E-state index >= 15 is 0 Å². The van der Waals surface area contributed by atoms with Gasteiger partial charge in [-0.2, -0.15) is 0 Å². The molecule has 0 fully saturated rings. The van der Waals surface area contributed by atoms with Gasteiger partial charge in [0.1, 0.15) is 0 Å². The molecule has 0 saturated heterocycles. The summed E-state index contributed by atoms with van der Waals surface area (Å²) in [4.78, 5) is 0. The molecular formula is C8H11Cl3V. The third-order valence-corrected chi connectivity index (χ3v) is 3.05. The fraction of sp³-hybridized carbons (Fsp3) is 0.500. The third-order valence-electron chi connectivity index (χ3n) is 1.93. The van der Waals surface area contributed by atoms with E-state index in [0.29, 0.717) is 0 Å². The Morgan fingerprint density at radius 1 is 0.917 bits per heavy atom. The Balaban J connectivity index is -0.000000270. The van der Waals surface area contributed by atoms with Crippen LogP contribution in [0.15, 0.2) is 21.0 Å². The van der Waals surface area contributed by atoms with Crippen LogP contribution in [-0.4, -0.2) is 0 Å². The van der Waals surface area contributed by atoms with Crippen LogP contribution < -0.4 is 37.2 Å². The quantitative estimate of drug-likeness (QED) is 0.408. The van der Waals surface area contributed by atoms with Crippen LogP contribution in [0.25, 0.3) is 0 Å². The smallest absolute Gasteiger partial charge is 1.00 e. The summed E-state index contributed by atoms with van der Waals surface area (Å²) in [7, 11) is 0. The molecule has 0 aliphatic heterocycles. The number of hydrogen-bond donors (Lipinski definition) is 0. The van der Waals surface area contributed by atoms with E-state index < -0.39 is 0 Å². The topological polar surface area (TPSA) is 0 Å². The molecule has 1 aliphatic rings. The SMILES string of the molecule is CC1=C(C)[C]([V+3])=C(C)C1.[Cl-].[Cl-].[Cl-]. The minimum atomic E-state index is 0. The maximum Gasteiger partial charge on any atom is -1.00 e. The van der Waals surface area contributed by atoms with Crippen LogP contribution in [0.2, 0.25) is 0 Å². The molecule has 12 heavy (non-hydrogen) atoms. The van der Waals surface area contributed by atoms with Gasteiger partial charge in [-0.1, -0.05) is 0 Å². The molecule has 1 rings (SSSR count). The molecule has 0 saturated carbocycles. The van der Waals surface area contributed by atoms with E-state index in [1.54, 1.807) is 0 Å². The second-order valence-electron chi connectivity index (χ2n) is 2.71. The fourth-order valence-corrected chi connectivity index (χ4v) is 1.56. The molecule has 0 radical (unpaired) electrons. The molecule has 69 valence electrons. The summed E-state index contributed by atoms with van der Waals surface area (Å²) in [6, 6.07) is 0. The molecule has 0 heterocycles. The molecule has 0 spiro atoms. The van der Waals surface area contributed by atoms with Gasteiger partial charge in [0, 0.05) is 0 Å². The standard InChI is InChI=1S/C8H11.3ClH.V/c1-6-4-7(2)8(3)5-6;;;;/h4H2,1-3H3;3*1H;/q;;;;+3/p-3. The van der Waals surface area contributed by atoms with Crippen molar-refractivity contribution in [3.05, 3.63) is 21.0 Å². The van der Waals surface area contributed by atoms with Crippen molar-refractivity contribution >= 4 is 0 Å². The number of allylic oxidation sites excluding steroid dienone is 4. The van der Waals surface area contributed by atoms with Crippen molar-refractivity contribution in [1.29, 1.82) is 0 Å². The Hall–Kier alpha value is 0.934. The van der Waals surface area contributed by atoms with Crippen LogP contribution in [0.3, 0.4) is 0 Å². The van der Waals surface area contributed by atoms with Crippen LogP contribution in [0.5, 0.6) is 0 Å². The van der Waals surface area contributed by atoms with Gasteiger partial charge < -0.3 is 37.2 Å². The monoisotopic (exact) mass is 263 g/mol. The third kappa shape index (κ3) is 3.76. The largest absolute Gasteiger partial charge is 1.00 e. The van der Waals surface area contributed by atoms with Gasteiger partial charge in [-0.15, -0.1) is 0 Å². The van der Waals surface area contributed by atoms with Gasteiger partial charge >= 0.3 is 65.6 Å². The van der Waals surface area contributed by atoms with Crippen molar-refractivity contribution in [2.24, 2.45) is 0 Å². The Morgan fingerprint density at radius 3 is 1.42 bits per heavy atom. The molecule has 0 bridgehead atoms. The molecule has 0 aromatic rings. The van der Waals surface area contributed by atoms with Gasteiger partial charge in [0.15, 0.2) is 0 Å². The molecule has 0 atom stereocenters. The second kappa shape index (κ2) is 7.35. The zero-order valence-corrected chi connectivity index (χ0v) is 11.0. The fourth-order valence-electron chi connectivity index (χ4n) is 1.14. The molecule has 4 heteroatoms. The predicted octanol–water partition coefficient (Wildman–Crippen LogP) is -6.44. The Bertz CT molecular complexity index is 184. The first kappa shape index (κ1) is 18.7. The summed E-state index contributed by atoms with van der Waals surface area (Å²) in [5.74, 6) is 0. The maximum atomic E-state index is 2.65. The first-order chi connectivity index (χ1) is 4.13. The second-order valence-corrected chi connectivity index (χ2v) is 3.41. The first-order valence-corrected chi connectivity index (χ1v) is 3.88. The van der Waals surface area contributed by atoms with E-state index in [9.17, 15) is 0 Å². The molecule has 0 unspecified atom stereocenters. The van der Waals surface area contributed by atoms with Crippen LogP contribution in [0.4, 0.5) is 0 Å². The molecule has 0 aromatic heterocycles. The molecule has 0 amide bonds. The van der Waals surface area contributed by atoms with Crippen LogP contribution in [0.1, 0.15) is 27.2 Å². The molecule has 1 aliphatic carbocycles. The molecule has 0 nitrogen and oxygen atoms in total. The molecule has 0 N–H and O–H groups in total. The number of hydrogen-bond acceptors (Lipinski definition) is 0. The summed E-state index contributed by atoms with van der Waals surface area (Å²) in [5.41, 5.74) is 4.53. The van der Waals surface area contributed by atoms with E-state index in [2.05, 4.69) is 38.2 Å². The van der Waals surface area contributed by atoms with E-state index in [1.807, 2.05) is 0 Å². The number of halogens is 3. The van der Waals surface area contributed by atoms with Crippen molar-refractivity contribution in [1.82, 2.24) is 0 Å². The summed E-state index contributed by atoms with van der Waals surface area (Å²) in [6.45, 7) is 6.60. The van der Waals surface area contributed by atoms with E-state index in [4.69, 9.17) is 0 Å². The maximum absolute atomic E-state index is 2.65. The van der Waals surface area contributed by atoms with Crippen molar-refractivity contribution in [3.8, 4) is 0 Å². The molecular weight excluding hydrogens is 253 g/mol. The van der Waals surface area contributed by atoms with E-state index in [1.165, 1.54) is 27.4 Å². The van der Waals surface area contributed by atoms with Crippen molar-refractivity contribution in [2.75, 3.05) is 0 Å². The Morgan fingerprint density at radius 2 is 1.33 bits per heavy atom. The van der Waals surface area contributed by atoms with Gasteiger partial charge in [-0.3, -0.25) is 0 Å². The van der Waals surface area contributed by atoms with Crippen LogP contribution in [-0.2, 0) is 17.4 Å². The summed E-state index contributed by atoms with van der Waals surface area (Å²) < 4.78 is 1.44. The van der Waals surface area contributed by atoms with Gasteiger partial charge in [0.2, 0.25) is 0 Å². The van der Waals surface area contributed by atoms with E-state index in [-0.39, 0.29) is 37.2 Å².